The van der Waals surface area contributed by atoms with Gasteiger partial charge < -0.3 is 19.8 Å². The number of nitrogens with one attached hydrogen (secondary N) is 1. The molecule has 0 saturated carbocycles. The number of rotatable bonds is 30. The maximum Gasteiger partial charge on any atom is 0.472 e. The summed E-state index contributed by atoms with van der Waals surface area (Å²) in [5, 5.41) is 13.8. The summed E-state index contributed by atoms with van der Waals surface area (Å²) in [5.41, 5.74) is 0. The summed E-state index contributed by atoms with van der Waals surface area (Å²) >= 11 is 0. The lowest BCUT2D eigenvalue weighted by Gasteiger charge is -2.26. The van der Waals surface area contributed by atoms with Gasteiger partial charge in [-0.25, -0.2) is 4.57 Å². The maximum absolute atomic E-state index is 12.7. The minimum Gasteiger partial charge on any atom is -0.391 e. The minimum atomic E-state index is -4.29. The zero-order chi connectivity index (χ0) is 31.5. The van der Waals surface area contributed by atoms with Gasteiger partial charge in [-0.15, -0.1) is 0 Å². The van der Waals surface area contributed by atoms with Crippen LogP contribution in [-0.2, 0) is 18.4 Å². The lowest BCUT2D eigenvalue weighted by atomic mass is 10.0. The molecule has 0 aromatic rings. The van der Waals surface area contributed by atoms with Gasteiger partial charge in [-0.05, 0) is 32.1 Å². The van der Waals surface area contributed by atoms with Gasteiger partial charge in [0.1, 0.15) is 13.2 Å². The molecule has 42 heavy (non-hydrogen) atoms. The van der Waals surface area contributed by atoms with Crippen molar-refractivity contribution in [2.45, 2.75) is 154 Å². The second kappa shape index (κ2) is 26.6. The number of hydrogen-bond acceptors (Lipinski definition) is 5. The fourth-order valence-corrected chi connectivity index (χ4v) is 5.43. The molecule has 0 saturated heterocycles. The molecule has 0 aliphatic rings. The lowest BCUT2D eigenvalue weighted by Crippen LogP contribution is -2.46. The van der Waals surface area contributed by atoms with Crippen LogP contribution in [0.1, 0.15) is 142 Å². The van der Waals surface area contributed by atoms with E-state index >= 15 is 0 Å². The highest BCUT2D eigenvalue weighted by atomic mass is 31.2. The zero-order valence-electron chi connectivity index (χ0n) is 28.0. The normalized spacial score (nSPS) is 15.1. The summed E-state index contributed by atoms with van der Waals surface area (Å²) in [6.07, 6.45) is 25.2. The molecule has 0 aliphatic heterocycles. The molecule has 0 aromatic carbocycles. The summed E-state index contributed by atoms with van der Waals surface area (Å²) in [4.78, 5) is 22.8. The second-order valence-electron chi connectivity index (χ2n) is 12.9. The van der Waals surface area contributed by atoms with E-state index in [-0.39, 0.29) is 19.1 Å². The molecule has 3 N–H and O–H groups in total. The number of unbranched alkanes of at least 4 members (excludes halogenated alkanes) is 15. The SMILES string of the molecule is CCC/C=C\CCCCCCCC(=O)NC(COP(=O)(O)OCC[N+](C)(C)C)C(O)CCCCCCCCCCCC. The Labute approximate surface area is 259 Å². The lowest BCUT2D eigenvalue weighted by molar-refractivity contribution is -0.870. The quantitative estimate of drug-likeness (QED) is 0.0325. The molecule has 1 amide bonds. The van der Waals surface area contributed by atoms with E-state index < -0.39 is 20.0 Å². The van der Waals surface area contributed by atoms with Crippen LogP contribution in [0.5, 0.6) is 0 Å². The zero-order valence-corrected chi connectivity index (χ0v) is 28.9. The molecule has 8 nitrogen and oxygen atoms in total. The van der Waals surface area contributed by atoms with Gasteiger partial charge in [-0.1, -0.05) is 116 Å². The van der Waals surface area contributed by atoms with Crippen LogP contribution < -0.4 is 5.32 Å². The van der Waals surface area contributed by atoms with E-state index in [9.17, 15) is 19.4 Å². The van der Waals surface area contributed by atoms with Gasteiger partial charge in [0.25, 0.3) is 0 Å². The van der Waals surface area contributed by atoms with Crippen molar-refractivity contribution in [3.05, 3.63) is 12.2 Å². The van der Waals surface area contributed by atoms with Gasteiger partial charge in [0.15, 0.2) is 0 Å². The summed E-state index contributed by atoms with van der Waals surface area (Å²) in [7, 11) is 1.61. The van der Waals surface area contributed by atoms with E-state index in [4.69, 9.17) is 9.05 Å². The van der Waals surface area contributed by atoms with E-state index in [0.717, 1.165) is 57.8 Å². The Morgan fingerprint density at radius 2 is 1.33 bits per heavy atom. The first kappa shape index (κ1) is 41.2. The smallest absolute Gasteiger partial charge is 0.391 e. The molecule has 0 fully saturated rings. The molecule has 0 aliphatic carbocycles. The molecule has 3 unspecified atom stereocenters. The number of phosphoric acid groups is 1. The first-order valence-corrected chi connectivity index (χ1v) is 18.5. The predicted octanol–water partition coefficient (Wildman–Crippen LogP) is 8.07. The molecular weight excluding hydrogens is 551 g/mol. The van der Waals surface area contributed by atoms with E-state index in [1.165, 1.54) is 57.8 Å². The standard InChI is InChI=1S/C33H67N2O6P/c1-6-8-10-12-14-16-18-20-22-24-26-32(36)31(30-41-42(38,39)40-29-28-35(3,4)5)34-33(37)27-25-23-21-19-17-15-13-11-9-7-2/h11,13,31-32,36H,6-10,12,14-30H2,1-5H3,(H-,34,37,38,39)/p+1/b13-11-. The monoisotopic (exact) mass is 619 g/mol. The second-order valence-corrected chi connectivity index (χ2v) is 14.3. The van der Waals surface area contributed by atoms with E-state index in [1.54, 1.807) is 0 Å². The van der Waals surface area contributed by atoms with Crippen molar-refractivity contribution >= 4 is 13.7 Å². The van der Waals surface area contributed by atoms with Gasteiger partial charge in [0.05, 0.1) is 39.9 Å². The molecule has 0 heterocycles. The number of aliphatic hydroxyl groups is 1. The van der Waals surface area contributed by atoms with Crippen molar-refractivity contribution < 1.29 is 32.9 Å². The molecule has 3 atom stereocenters. The predicted molar refractivity (Wildman–Crippen MR) is 175 cm³/mol. The Hall–Kier alpha value is -0.760. The summed E-state index contributed by atoms with van der Waals surface area (Å²) < 4.78 is 23.4. The molecule has 250 valence electrons. The number of phosphoric ester groups is 1. The van der Waals surface area contributed by atoms with Crippen LogP contribution in [0.4, 0.5) is 0 Å². The van der Waals surface area contributed by atoms with Crippen LogP contribution in [0, 0.1) is 0 Å². The molecule has 0 bridgehead atoms. The van der Waals surface area contributed by atoms with Crippen molar-refractivity contribution in [1.82, 2.24) is 5.32 Å². The van der Waals surface area contributed by atoms with Crippen molar-refractivity contribution in [1.29, 1.82) is 0 Å². The number of allylic oxidation sites excluding steroid dienone is 2. The fourth-order valence-electron chi connectivity index (χ4n) is 4.69. The first-order valence-electron chi connectivity index (χ1n) is 17.1. The molecule has 0 aromatic heterocycles. The third-order valence-corrected chi connectivity index (χ3v) is 8.48. The van der Waals surface area contributed by atoms with Crippen LogP contribution in [-0.4, -0.2) is 73.4 Å². The van der Waals surface area contributed by atoms with Gasteiger partial charge in [0, 0.05) is 6.42 Å². The van der Waals surface area contributed by atoms with Crippen LogP contribution in [0.3, 0.4) is 0 Å². The van der Waals surface area contributed by atoms with Crippen molar-refractivity contribution in [2.24, 2.45) is 0 Å². The van der Waals surface area contributed by atoms with Gasteiger partial charge in [-0.2, -0.15) is 0 Å². The van der Waals surface area contributed by atoms with Gasteiger partial charge >= 0.3 is 7.82 Å². The van der Waals surface area contributed by atoms with Crippen molar-refractivity contribution in [2.75, 3.05) is 40.9 Å². The summed E-state index contributed by atoms with van der Waals surface area (Å²) in [6.45, 7) is 4.77. The highest BCUT2D eigenvalue weighted by molar-refractivity contribution is 7.47. The Bertz CT molecular complexity index is 713. The largest absolute Gasteiger partial charge is 0.472 e. The third-order valence-electron chi connectivity index (χ3n) is 7.49. The van der Waals surface area contributed by atoms with Crippen molar-refractivity contribution in [3.63, 3.8) is 0 Å². The van der Waals surface area contributed by atoms with Gasteiger partial charge in [0.2, 0.25) is 5.91 Å². The number of carbonyl (C=O) groups is 1. The Morgan fingerprint density at radius 3 is 1.93 bits per heavy atom. The third kappa shape index (κ3) is 28.0. The average Bonchev–Trinajstić information content (AvgIpc) is 2.92. The van der Waals surface area contributed by atoms with Crippen LogP contribution in [0.2, 0.25) is 0 Å². The van der Waals surface area contributed by atoms with E-state index in [2.05, 4.69) is 31.3 Å². The number of quaternary nitrogens is 1. The molecule has 0 radical (unpaired) electrons. The van der Waals surface area contributed by atoms with E-state index in [1.807, 2.05) is 21.1 Å². The average molecular weight is 620 g/mol. The number of likely N-dealkylation sites (N-methyl/N-ethyl adjacent to an activating group) is 1. The molecule has 9 heteroatoms. The topological polar surface area (TPSA) is 105 Å². The minimum absolute atomic E-state index is 0.0739. The van der Waals surface area contributed by atoms with Crippen LogP contribution in [0.15, 0.2) is 12.2 Å². The highest BCUT2D eigenvalue weighted by Crippen LogP contribution is 2.43. The van der Waals surface area contributed by atoms with E-state index in [0.29, 0.717) is 23.9 Å². The molecule has 0 spiro atoms. The van der Waals surface area contributed by atoms with Crippen LogP contribution >= 0.6 is 7.82 Å². The maximum atomic E-state index is 12.7. The molecule has 0 rings (SSSR count). The Morgan fingerprint density at radius 1 is 0.786 bits per heavy atom. The highest BCUT2D eigenvalue weighted by Gasteiger charge is 2.28. The number of hydrogen-bond donors (Lipinski definition) is 3. The van der Waals surface area contributed by atoms with Crippen molar-refractivity contribution in [3.8, 4) is 0 Å². The Balaban J connectivity index is 4.56. The number of carbonyl (C=O) groups excluding carboxylic acids is 1. The van der Waals surface area contributed by atoms with Crippen LogP contribution in [0.25, 0.3) is 0 Å². The Kier molecular flexibility index (Phi) is 26.1. The summed E-state index contributed by atoms with van der Waals surface area (Å²) in [5.74, 6) is -0.160. The fraction of sp³-hybridized carbons (Fsp3) is 0.909. The van der Waals surface area contributed by atoms with Gasteiger partial charge in [-0.3, -0.25) is 13.8 Å². The number of nitrogens with zero attached hydrogens (tertiary/aromatic N) is 1. The first-order chi connectivity index (χ1) is 20.0. The molecular formula is C33H68N2O6P+. The number of amides is 1. The summed E-state index contributed by atoms with van der Waals surface area (Å²) in [6, 6.07) is -0.756. The number of aliphatic hydroxyl groups excluding tert-OH is 1.